The predicted molar refractivity (Wildman–Crippen MR) is 83.8 cm³/mol. The van der Waals surface area contributed by atoms with Crippen LogP contribution in [0.1, 0.15) is 10.4 Å². The van der Waals surface area contributed by atoms with E-state index in [9.17, 15) is 13.2 Å². The summed E-state index contributed by atoms with van der Waals surface area (Å²) in [5.74, 6) is -0.296. The number of nitrogens with two attached hydrogens (primary N) is 1. The molecule has 0 radical (unpaired) electrons. The molecule has 2 aromatic rings. The van der Waals surface area contributed by atoms with E-state index in [2.05, 4.69) is 4.72 Å². The molecule has 3 N–H and O–H groups in total. The zero-order valence-corrected chi connectivity index (χ0v) is 13.1. The van der Waals surface area contributed by atoms with Gasteiger partial charge in [0, 0.05) is 10.6 Å². The van der Waals surface area contributed by atoms with E-state index < -0.39 is 15.9 Å². The Kier molecular flexibility index (Phi) is 4.58. The molecule has 0 unspecified atom stereocenters. The second-order valence-corrected chi connectivity index (χ2v) is 6.46. The summed E-state index contributed by atoms with van der Waals surface area (Å²) >= 11 is 5.86. The number of primary amides is 1. The van der Waals surface area contributed by atoms with Gasteiger partial charge in [0.05, 0.1) is 17.7 Å². The van der Waals surface area contributed by atoms with Crippen molar-refractivity contribution in [3.8, 4) is 5.75 Å². The maximum Gasteiger partial charge on any atom is 0.262 e. The van der Waals surface area contributed by atoms with Gasteiger partial charge in [-0.15, -0.1) is 0 Å². The highest BCUT2D eigenvalue weighted by molar-refractivity contribution is 7.92. The van der Waals surface area contributed by atoms with Gasteiger partial charge in [0.15, 0.2) is 0 Å². The van der Waals surface area contributed by atoms with Crippen LogP contribution in [0.15, 0.2) is 47.4 Å². The van der Waals surface area contributed by atoms with Crippen LogP contribution in [0.4, 0.5) is 5.69 Å². The Hall–Kier alpha value is -2.25. The maximum absolute atomic E-state index is 12.3. The van der Waals surface area contributed by atoms with Gasteiger partial charge < -0.3 is 10.5 Å². The van der Waals surface area contributed by atoms with Crippen LogP contribution in [0.25, 0.3) is 0 Å². The number of ether oxygens (including phenoxy) is 1. The molecule has 0 aliphatic carbocycles. The third-order valence-electron chi connectivity index (χ3n) is 2.85. The molecule has 6 nitrogen and oxygen atoms in total. The molecular weight excluding hydrogens is 328 g/mol. The lowest BCUT2D eigenvalue weighted by Crippen LogP contribution is -2.15. The number of nitrogens with one attached hydrogen (secondary N) is 1. The fraction of sp³-hybridized carbons (Fsp3) is 0.0714. The fourth-order valence-electron chi connectivity index (χ4n) is 1.76. The van der Waals surface area contributed by atoms with Crippen molar-refractivity contribution in [1.82, 2.24) is 0 Å². The highest BCUT2D eigenvalue weighted by Gasteiger charge is 2.17. The van der Waals surface area contributed by atoms with Crippen molar-refractivity contribution in [2.24, 2.45) is 5.73 Å². The number of amides is 1. The Balaban J connectivity index is 2.35. The Labute approximate surface area is 132 Å². The van der Waals surface area contributed by atoms with Crippen LogP contribution in [-0.4, -0.2) is 21.4 Å². The van der Waals surface area contributed by atoms with Crippen molar-refractivity contribution in [3.63, 3.8) is 0 Å². The first kappa shape index (κ1) is 16.1. The van der Waals surface area contributed by atoms with Gasteiger partial charge in [-0.05, 0) is 42.5 Å². The van der Waals surface area contributed by atoms with Gasteiger partial charge in [-0.2, -0.15) is 0 Å². The van der Waals surface area contributed by atoms with Crippen molar-refractivity contribution < 1.29 is 17.9 Å². The zero-order chi connectivity index (χ0) is 16.3. The second-order valence-electron chi connectivity index (χ2n) is 4.34. The summed E-state index contributed by atoms with van der Waals surface area (Å²) in [6.07, 6.45) is 0. The van der Waals surface area contributed by atoms with Crippen molar-refractivity contribution in [2.45, 2.75) is 4.90 Å². The van der Waals surface area contributed by atoms with E-state index in [1.165, 1.54) is 37.4 Å². The van der Waals surface area contributed by atoms with Gasteiger partial charge in [0.2, 0.25) is 5.91 Å². The molecular formula is C14H13ClN2O4S. The second kappa shape index (κ2) is 6.25. The number of methoxy groups -OCH3 is 1. The molecule has 0 aliphatic heterocycles. The number of carbonyl (C=O) groups excluding carboxylic acids is 1. The molecule has 1 amide bonds. The molecule has 0 heterocycles. The largest absolute Gasteiger partial charge is 0.495 e. The molecule has 2 aromatic carbocycles. The third-order valence-corrected chi connectivity index (χ3v) is 4.47. The van der Waals surface area contributed by atoms with Gasteiger partial charge in [0.1, 0.15) is 5.75 Å². The molecule has 0 aromatic heterocycles. The van der Waals surface area contributed by atoms with Gasteiger partial charge in [-0.3, -0.25) is 9.52 Å². The number of rotatable bonds is 5. The van der Waals surface area contributed by atoms with Crippen LogP contribution >= 0.6 is 11.6 Å². The van der Waals surface area contributed by atoms with Crippen molar-refractivity contribution in [2.75, 3.05) is 11.8 Å². The highest BCUT2D eigenvalue weighted by atomic mass is 35.5. The summed E-state index contributed by atoms with van der Waals surface area (Å²) < 4.78 is 32.1. The first-order valence-corrected chi connectivity index (χ1v) is 7.96. The number of hydrogen-bond acceptors (Lipinski definition) is 4. The SMILES string of the molecule is COc1ccc(Cl)cc1NS(=O)(=O)c1ccc(C(N)=O)cc1. The number of anilines is 1. The van der Waals surface area contributed by atoms with E-state index in [0.29, 0.717) is 10.8 Å². The standard InChI is InChI=1S/C14H13ClN2O4S/c1-21-13-7-4-10(15)8-12(13)17-22(19,20)11-5-2-9(3-6-11)14(16)18/h2-8,17H,1H3,(H2,16,18). The van der Waals surface area contributed by atoms with Gasteiger partial charge in [-0.25, -0.2) is 8.42 Å². The first-order chi connectivity index (χ1) is 10.3. The molecule has 2 rings (SSSR count). The minimum absolute atomic E-state index is 0.0143. The zero-order valence-electron chi connectivity index (χ0n) is 11.5. The highest BCUT2D eigenvalue weighted by Crippen LogP contribution is 2.29. The molecule has 0 fully saturated rings. The van der Waals surface area contributed by atoms with Crippen LogP contribution in [0.5, 0.6) is 5.75 Å². The number of hydrogen-bond donors (Lipinski definition) is 2. The smallest absolute Gasteiger partial charge is 0.262 e. The van der Waals surface area contributed by atoms with Gasteiger partial charge >= 0.3 is 0 Å². The molecule has 0 atom stereocenters. The third kappa shape index (κ3) is 3.49. The average molecular weight is 341 g/mol. The predicted octanol–water partition coefficient (Wildman–Crippen LogP) is 2.25. The molecule has 0 spiro atoms. The first-order valence-electron chi connectivity index (χ1n) is 6.10. The summed E-state index contributed by atoms with van der Waals surface area (Å²) in [6, 6.07) is 9.84. The van der Waals surface area contributed by atoms with Crippen LogP contribution in [0.3, 0.4) is 0 Å². The molecule has 0 saturated heterocycles. The summed E-state index contributed by atoms with van der Waals surface area (Å²) in [4.78, 5) is 11.0. The van der Waals surface area contributed by atoms with E-state index in [1.54, 1.807) is 12.1 Å². The molecule has 0 saturated carbocycles. The summed E-state index contributed by atoms with van der Waals surface area (Å²) in [6.45, 7) is 0. The molecule has 0 aliphatic rings. The Morgan fingerprint density at radius 3 is 2.36 bits per heavy atom. The van der Waals surface area contributed by atoms with E-state index in [-0.39, 0.29) is 16.1 Å². The number of benzene rings is 2. The van der Waals surface area contributed by atoms with Crippen molar-refractivity contribution in [3.05, 3.63) is 53.1 Å². The topological polar surface area (TPSA) is 98.5 Å². The monoisotopic (exact) mass is 340 g/mol. The van der Waals surface area contributed by atoms with E-state index in [0.717, 1.165) is 0 Å². The normalized spacial score (nSPS) is 11.0. The van der Waals surface area contributed by atoms with Crippen LogP contribution in [-0.2, 0) is 10.0 Å². The lowest BCUT2D eigenvalue weighted by Gasteiger charge is -2.12. The number of carbonyl (C=O) groups is 1. The number of halogens is 1. The quantitative estimate of drug-likeness (QED) is 0.872. The minimum atomic E-state index is -3.85. The lowest BCUT2D eigenvalue weighted by atomic mass is 10.2. The summed E-state index contributed by atoms with van der Waals surface area (Å²) in [7, 11) is -2.43. The van der Waals surface area contributed by atoms with E-state index in [1.807, 2.05) is 0 Å². The lowest BCUT2D eigenvalue weighted by molar-refractivity contribution is 0.1000. The van der Waals surface area contributed by atoms with E-state index >= 15 is 0 Å². The van der Waals surface area contributed by atoms with Crippen molar-refractivity contribution in [1.29, 1.82) is 0 Å². The molecule has 22 heavy (non-hydrogen) atoms. The summed E-state index contributed by atoms with van der Waals surface area (Å²) in [5.41, 5.74) is 5.55. The Bertz CT molecular complexity index is 804. The summed E-state index contributed by atoms with van der Waals surface area (Å²) in [5, 5.41) is 0.363. The van der Waals surface area contributed by atoms with Crippen LogP contribution in [0, 0.1) is 0 Å². The molecule has 8 heteroatoms. The maximum atomic E-state index is 12.3. The minimum Gasteiger partial charge on any atom is -0.495 e. The van der Waals surface area contributed by atoms with Crippen LogP contribution in [0.2, 0.25) is 5.02 Å². The van der Waals surface area contributed by atoms with Gasteiger partial charge in [0.25, 0.3) is 10.0 Å². The Morgan fingerprint density at radius 1 is 1.18 bits per heavy atom. The molecule has 0 bridgehead atoms. The van der Waals surface area contributed by atoms with Gasteiger partial charge in [-0.1, -0.05) is 11.6 Å². The van der Waals surface area contributed by atoms with Crippen LogP contribution < -0.4 is 15.2 Å². The van der Waals surface area contributed by atoms with E-state index in [4.69, 9.17) is 22.1 Å². The molecule has 116 valence electrons. The number of sulfonamides is 1. The fourth-order valence-corrected chi connectivity index (χ4v) is 3.00. The van der Waals surface area contributed by atoms with Crippen molar-refractivity contribution >= 4 is 33.2 Å². The Morgan fingerprint density at radius 2 is 1.82 bits per heavy atom. The average Bonchev–Trinajstić information content (AvgIpc) is 2.47.